The van der Waals surface area contributed by atoms with E-state index in [1.54, 1.807) is 0 Å². The molecule has 3 heteroatoms. The number of hydrogen-bond acceptors (Lipinski definition) is 3. The lowest BCUT2D eigenvalue weighted by atomic mass is 9.90. The molecule has 0 saturated carbocycles. The number of aryl methyl sites for hydroxylation is 1. The van der Waals surface area contributed by atoms with E-state index in [1.807, 2.05) is 0 Å². The van der Waals surface area contributed by atoms with Crippen molar-refractivity contribution in [1.29, 1.82) is 0 Å². The van der Waals surface area contributed by atoms with E-state index in [-0.39, 0.29) is 5.54 Å². The average Bonchev–Trinajstić information content (AvgIpc) is 2.60. The molecule has 0 radical (unpaired) electrons. The van der Waals surface area contributed by atoms with Crippen molar-refractivity contribution in [2.24, 2.45) is 5.73 Å². The van der Waals surface area contributed by atoms with E-state index in [9.17, 15) is 0 Å². The Morgan fingerprint density at radius 2 is 1.89 bits per heavy atom. The minimum absolute atomic E-state index is 0.0441. The predicted octanol–water partition coefficient (Wildman–Crippen LogP) is 1.94. The van der Waals surface area contributed by atoms with Gasteiger partial charge in [-0.05, 0) is 43.4 Å². The first-order chi connectivity index (χ1) is 9.25. The SMILES string of the molecule is NC1(CN2CCCc3ccccc3C2)CCOCC1. The third-order valence-corrected chi connectivity index (χ3v) is 4.46. The molecule has 1 aromatic rings. The fraction of sp³-hybridized carbons (Fsp3) is 0.625. The quantitative estimate of drug-likeness (QED) is 0.883. The molecule has 0 atom stereocenters. The van der Waals surface area contributed by atoms with Crippen LogP contribution in [0.15, 0.2) is 24.3 Å². The van der Waals surface area contributed by atoms with Gasteiger partial charge in [-0.25, -0.2) is 0 Å². The van der Waals surface area contributed by atoms with Gasteiger partial charge in [0.25, 0.3) is 0 Å². The predicted molar refractivity (Wildman–Crippen MR) is 77.0 cm³/mol. The van der Waals surface area contributed by atoms with Gasteiger partial charge >= 0.3 is 0 Å². The third-order valence-electron chi connectivity index (χ3n) is 4.46. The molecule has 2 aliphatic heterocycles. The van der Waals surface area contributed by atoms with E-state index in [1.165, 1.54) is 24.0 Å². The summed E-state index contributed by atoms with van der Waals surface area (Å²) >= 11 is 0. The van der Waals surface area contributed by atoms with Gasteiger partial charge in [0.05, 0.1) is 0 Å². The lowest BCUT2D eigenvalue weighted by molar-refractivity contribution is 0.0367. The van der Waals surface area contributed by atoms with Crippen molar-refractivity contribution >= 4 is 0 Å². The molecule has 0 aliphatic carbocycles. The topological polar surface area (TPSA) is 38.5 Å². The number of ether oxygens (including phenoxy) is 1. The zero-order chi connectivity index (χ0) is 13.1. The van der Waals surface area contributed by atoms with Crippen LogP contribution in [0.5, 0.6) is 0 Å². The maximum absolute atomic E-state index is 6.54. The van der Waals surface area contributed by atoms with Crippen molar-refractivity contribution < 1.29 is 4.74 Å². The van der Waals surface area contributed by atoms with Crippen molar-refractivity contribution in [3.05, 3.63) is 35.4 Å². The number of nitrogens with two attached hydrogens (primary N) is 1. The van der Waals surface area contributed by atoms with E-state index in [0.717, 1.165) is 45.7 Å². The molecule has 1 aromatic carbocycles. The number of benzene rings is 1. The van der Waals surface area contributed by atoms with E-state index in [0.29, 0.717) is 0 Å². The van der Waals surface area contributed by atoms with Crippen LogP contribution >= 0.6 is 0 Å². The normalized spacial score (nSPS) is 23.6. The van der Waals surface area contributed by atoms with Crippen molar-refractivity contribution in [3.8, 4) is 0 Å². The van der Waals surface area contributed by atoms with Gasteiger partial charge in [-0.1, -0.05) is 24.3 Å². The van der Waals surface area contributed by atoms with Crippen LogP contribution in [0.3, 0.4) is 0 Å². The van der Waals surface area contributed by atoms with Gasteiger partial charge in [0.15, 0.2) is 0 Å². The molecule has 0 spiro atoms. The Bertz CT molecular complexity index is 427. The van der Waals surface area contributed by atoms with Crippen LogP contribution in [0.25, 0.3) is 0 Å². The van der Waals surface area contributed by atoms with Gasteiger partial charge in [0.2, 0.25) is 0 Å². The Morgan fingerprint density at radius 3 is 2.68 bits per heavy atom. The third kappa shape index (κ3) is 3.16. The summed E-state index contributed by atoms with van der Waals surface area (Å²) in [7, 11) is 0. The number of nitrogens with zero attached hydrogens (tertiary/aromatic N) is 1. The molecule has 1 fully saturated rings. The second-order valence-electron chi connectivity index (χ2n) is 6.06. The van der Waals surface area contributed by atoms with Crippen LogP contribution in [0.4, 0.5) is 0 Å². The van der Waals surface area contributed by atoms with Gasteiger partial charge in [-0.3, -0.25) is 4.90 Å². The number of rotatable bonds is 2. The monoisotopic (exact) mass is 260 g/mol. The Labute approximate surface area is 115 Å². The fourth-order valence-electron chi connectivity index (χ4n) is 3.29. The summed E-state index contributed by atoms with van der Waals surface area (Å²) < 4.78 is 5.44. The van der Waals surface area contributed by atoms with E-state index >= 15 is 0 Å². The second kappa shape index (κ2) is 5.61. The molecular weight excluding hydrogens is 236 g/mol. The van der Waals surface area contributed by atoms with Crippen LogP contribution < -0.4 is 5.73 Å². The molecule has 3 nitrogen and oxygen atoms in total. The van der Waals surface area contributed by atoms with Crippen LogP contribution in [-0.2, 0) is 17.7 Å². The van der Waals surface area contributed by atoms with Gasteiger partial charge in [0, 0.05) is 31.8 Å². The molecule has 2 aliphatic rings. The molecule has 3 rings (SSSR count). The Balaban J connectivity index is 1.69. The van der Waals surface area contributed by atoms with Gasteiger partial charge in [0.1, 0.15) is 0 Å². The van der Waals surface area contributed by atoms with Crippen LogP contribution in [-0.4, -0.2) is 36.7 Å². The summed E-state index contributed by atoms with van der Waals surface area (Å²) in [5.74, 6) is 0. The van der Waals surface area contributed by atoms with Gasteiger partial charge < -0.3 is 10.5 Å². The van der Waals surface area contributed by atoms with E-state index in [2.05, 4.69) is 29.2 Å². The van der Waals surface area contributed by atoms with Crippen LogP contribution in [0.2, 0.25) is 0 Å². The molecule has 2 N–H and O–H groups in total. The van der Waals surface area contributed by atoms with Crippen molar-refractivity contribution in [2.75, 3.05) is 26.3 Å². The Morgan fingerprint density at radius 1 is 1.16 bits per heavy atom. The van der Waals surface area contributed by atoms with Gasteiger partial charge in [-0.15, -0.1) is 0 Å². The van der Waals surface area contributed by atoms with Crippen molar-refractivity contribution in [2.45, 2.75) is 37.8 Å². The largest absolute Gasteiger partial charge is 0.381 e. The second-order valence-corrected chi connectivity index (χ2v) is 6.06. The zero-order valence-corrected chi connectivity index (χ0v) is 11.6. The highest BCUT2D eigenvalue weighted by molar-refractivity contribution is 5.28. The van der Waals surface area contributed by atoms with Crippen LogP contribution in [0, 0.1) is 0 Å². The molecule has 0 amide bonds. The zero-order valence-electron chi connectivity index (χ0n) is 11.6. The highest BCUT2D eigenvalue weighted by atomic mass is 16.5. The van der Waals surface area contributed by atoms with E-state index < -0.39 is 0 Å². The number of hydrogen-bond donors (Lipinski definition) is 1. The highest BCUT2D eigenvalue weighted by Gasteiger charge is 2.30. The first-order valence-electron chi connectivity index (χ1n) is 7.41. The lowest BCUT2D eigenvalue weighted by Gasteiger charge is -2.37. The minimum atomic E-state index is -0.0441. The fourth-order valence-corrected chi connectivity index (χ4v) is 3.29. The molecular formula is C16H24N2O. The molecule has 19 heavy (non-hydrogen) atoms. The van der Waals surface area contributed by atoms with Crippen molar-refractivity contribution in [3.63, 3.8) is 0 Å². The van der Waals surface area contributed by atoms with Gasteiger partial charge in [-0.2, -0.15) is 0 Å². The first kappa shape index (κ1) is 13.1. The summed E-state index contributed by atoms with van der Waals surface area (Å²) in [4.78, 5) is 2.54. The number of fused-ring (bicyclic) bond motifs is 1. The smallest absolute Gasteiger partial charge is 0.0484 e. The van der Waals surface area contributed by atoms with Crippen molar-refractivity contribution in [1.82, 2.24) is 4.90 Å². The summed E-state index contributed by atoms with van der Waals surface area (Å²) in [5, 5.41) is 0. The molecule has 0 unspecified atom stereocenters. The standard InChI is InChI=1S/C16H24N2O/c17-16(7-10-19-11-8-16)13-18-9-3-6-14-4-1-2-5-15(14)12-18/h1-2,4-5H,3,6-13,17H2. The molecule has 104 valence electrons. The lowest BCUT2D eigenvalue weighted by Crippen LogP contribution is -2.53. The highest BCUT2D eigenvalue weighted by Crippen LogP contribution is 2.23. The molecule has 0 bridgehead atoms. The maximum Gasteiger partial charge on any atom is 0.0484 e. The van der Waals surface area contributed by atoms with Crippen LogP contribution in [0.1, 0.15) is 30.4 Å². The van der Waals surface area contributed by atoms with E-state index in [4.69, 9.17) is 10.5 Å². The summed E-state index contributed by atoms with van der Waals surface area (Å²) in [5.41, 5.74) is 9.49. The molecule has 2 heterocycles. The average molecular weight is 260 g/mol. The summed E-state index contributed by atoms with van der Waals surface area (Å²) in [6.07, 6.45) is 4.42. The Hall–Kier alpha value is -0.900. The molecule has 1 saturated heterocycles. The maximum atomic E-state index is 6.54. The summed E-state index contributed by atoms with van der Waals surface area (Å²) in [6.45, 7) is 4.86. The Kier molecular flexibility index (Phi) is 3.87. The minimum Gasteiger partial charge on any atom is -0.381 e. The molecule has 0 aromatic heterocycles. The summed E-state index contributed by atoms with van der Waals surface area (Å²) in [6, 6.07) is 8.83. The first-order valence-corrected chi connectivity index (χ1v) is 7.41.